The zero-order valence-corrected chi connectivity index (χ0v) is 20.1. The van der Waals surface area contributed by atoms with Gasteiger partial charge >= 0.3 is 13.7 Å². The van der Waals surface area contributed by atoms with Gasteiger partial charge in [0.1, 0.15) is 6.61 Å². The Hall–Kier alpha value is -2.80. The highest BCUT2D eigenvalue weighted by Crippen LogP contribution is 2.46. The van der Waals surface area contributed by atoms with E-state index in [4.69, 9.17) is 18.5 Å². The number of esters is 1. The van der Waals surface area contributed by atoms with Crippen LogP contribution in [0.25, 0.3) is 0 Å². The van der Waals surface area contributed by atoms with Crippen LogP contribution < -0.4 is 5.09 Å². The predicted molar refractivity (Wildman–Crippen MR) is 130 cm³/mol. The Kier molecular flexibility index (Phi) is 10.5. The van der Waals surface area contributed by atoms with Crippen molar-refractivity contribution in [2.75, 3.05) is 13.2 Å². The molecule has 0 saturated carbocycles. The first kappa shape index (κ1) is 25.8. The molecule has 0 spiro atoms. The van der Waals surface area contributed by atoms with Crippen molar-refractivity contribution in [3.63, 3.8) is 0 Å². The molecular formula is C26H30NO6P. The van der Waals surface area contributed by atoms with E-state index in [1.165, 1.54) is 6.92 Å². The molecule has 0 fully saturated rings. The maximum atomic E-state index is 13.7. The number of hydrogen-bond donors (Lipinski definition) is 1. The maximum Gasteiger partial charge on any atom is 0.406 e. The summed E-state index contributed by atoms with van der Waals surface area (Å²) in [4.78, 5) is 11.4. The Morgan fingerprint density at radius 1 is 0.735 bits per heavy atom. The third-order valence-corrected chi connectivity index (χ3v) is 6.37. The van der Waals surface area contributed by atoms with Crippen molar-refractivity contribution in [1.29, 1.82) is 0 Å². The highest BCUT2D eigenvalue weighted by Gasteiger charge is 2.30. The molecule has 180 valence electrons. The van der Waals surface area contributed by atoms with Crippen LogP contribution in [0.5, 0.6) is 0 Å². The summed E-state index contributed by atoms with van der Waals surface area (Å²) >= 11 is 0. The lowest BCUT2D eigenvalue weighted by Crippen LogP contribution is -2.37. The average molecular weight is 484 g/mol. The van der Waals surface area contributed by atoms with Gasteiger partial charge in [0.05, 0.1) is 32.5 Å². The van der Waals surface area contributed by atoms with Gasteiger partial charge in [-0.25, -0.2) is 9.65 Å². The minimum atomic E-state index is -3.80. The van der Waals surface area contributed by atoms with Crippen LogP contribution in [-0.2, 0) is 47.7 Å². The van der Waals surface area contributed by atoms with E-state index in [-0.39, 0.29) is 26.4 Å². The van der Waals surface area contributed by atoms with Gasteiger partial charge in [-0.15, -0.1) is 0 Å². The van der Waals surface area contributed by atoms with Gasteiger partial charge in [0.15, 0.2) is 0 Å². The summed E-state index contributed by atoms with van der Waals surface area (Å²) < 4.78 is 36.2. The molecular weight excluding hydrogens is 453 g/mol. The lowest BCUT2D eigenvalue weighted by atomic mass is 10.2. The van der Waals surface area contributed by atoms with Crippen LogP contribution in [0.4, 0.5) is 0 Å². The normalized spacial score (nSPS) is 12.3. The number of carbonyl (C=O) groups excluding carboxylic acids is 1. The van der Waals surface area contributed by atoms with Crippen molar-refractivity contribution in [3.05, 3.63) is 108 Å². The fourth-order valence-corrected chi connectivity index (χ4v) is 4.49. The molecule has 1 atom stereocenters. The number of rotatable bonds is 14. The molecule has 0 radical (unpaired) electrons. The molecule has 34 heavy (non-hydrogen) atoms. The third kappa shape index (κ3) is 9.59. The Morgan fingerprint density at radius 2 is 1.18 bits per heavy atom. The monoisotopic (exact) mass is 483 g/mol. The number of nitrogens with one attached hydrogen (secondary N) is 1. The third-order valence-electron chi connectivity index (χ3n) is 4.75. The van der Waals surface area contributed by atoms with E-state index in [0.717, 1.165) is 16.7 Å². The zero-order chi connectivity index (χ0) is 24.1. The van der Waals surface area contributed by atoms with Crippen LogP contribution >= 0.6 is 7.75 Å². The van der Waals surface area contributed by atoms with Crippen LogP contribution in [0.2, 0.25) is 0 Å². The van der Waals surface area contributed by atoms with E-state index in [0.29, 0.717) is 6.61 Å². The van der Waals surface area contributed by atoms with Crippen LogP contribution in [0.15, 0.2) is 91.0 Å². The molecule has 7 nitrogen and oxygen atoms in total. The van der Waals surface area contributed by atoms with Crippen LogP contribution in [0, 0.1) is 0 Å². The van der Waals surface area contributed by atoms with Crippen LogP contribution in [0.3, 0.4) is 0 Å². The molecule has 0 aliphatic carbocycles. The van der Waals surface area contributed by atoms with Crippen molar-refractivity contribution in [1.82, 2.24) is 5.09 Å². The smallest absolute Gasteiger partial charge is 0.406 e. The number of hydrogen-bond acceptors (Lipinski definition) is 6. The fraction of sp³-hybridized carbons (Fsp3) is 0.269. The Balaban J connectivity index is 1.68. The minimum Gasteiger partial charge on any atom is -0.464 e. The molecule has 8 heteroatoms. The molecule has 0 aliphatic rings. The van der Waals surface area contributed by atoms with E-state index < -0.39 is 19.8 Å². The van der Waals surface area contributed by atoms with Gasteiger partial charge in [0, 0.05) is 6.92 Å². The quantitative estimate of drug-likeness (QED) is 0.247. The first-order chi connectivity index (χ1) is 16.5. The molecule has 0 amide bonds. The van der Waals surface area contributed by atoms with Gasteiger partial charge in [-0.05, 0) is 16.7 Å². The van der Waals surface area contributed by atoms with Crippen LogP contribution in [0.1, 0.15) is 23.6 Å². The summed E-state index contributed by atoms with van der Waals surface area (Å²) in [5, 5.41) is 2.92. The number of ether oxygens (including phenoxy) is 2. The molecule has 0 bridgehead atoms. The topological polar surface area (TPSA) is 83.1 Å². The summed E-state index contributed by atoms with van der Waals surface area (Å²) in [7, 11) is -3.80. The predicted octanol–water partition coefficient (Wildman–Crippen LogP) is 5.27. The summed E-state index contributed by atoms with van der Waals surface area (Å²) in [5.41, 5.74) is 2.70. The van der Waals surface area contributed by atoms with Gasteiger partial charge in [0.25, 0.3) is 0 Å². The Bertz CT molecular complexity index is 985. The van der Waals surface area contributed by atoms with Crippen LogP contribution in [-0.4, -0.2) is 25.2 Å². The summed E-state index contributed by atoms with van der Waals surface area (Å²) in [6, 6.07) is 27.9. The van der Waals surface area contributed by atoms with Gasteiger partial charge in [-0.1, -0.05) is 91.0 Å². The van der Waals surface area contributed by atoms with Gasteiger partial charge in [-0.3, -0.25) is 13.8 Å². The molecule has 0 aliphatic heterocycles. The van der Waals surface area contributed by atoms with E-state index in [9.17, 15) is 9.36 Å². The second-order valence-electron chi connectivity index (χ2n) is 7.64. The summed E-state index contributed by atoms with van der Waals surface area (Å²) in [6.45, 7) is 1.95. The largest absolute Gasteiger partial charge is 0.464 e. The summed E-state index contributed by atoms with van der Waals surface area (Å²) in [6.07, 6.45) is 0. The van der Waals surface area contributed by atoms with Crippen molar-refractivity contribution >= 4 is 13.7 Å². The first-order valence-corrected chi connectivity index (χ1v) is 12.6. The highest BCUT2D eigenvalue weighted by molar-refractivity contribution is 7.51. The van der Waals surface area contributed by atoms with E-state index >= 15 is 0 Å². The first-order valence-electron chi connectivity index (χ1n) is 11.0. The molecule has 1 unspecified atom stereocenters. The van der Waals surface area contributed by atoms with Crippen molar-refractivity contribution in [2.45, 2.75) is 32.8 Å². The van der Waals surface area contributed by atoms with Crippen molar-refractivity contribution in [3.8, 4) is 0 Å². The molecule has 0 heterocycles. The van der Waals surface area contributed by atoms with Gasteiger partial charge < -0.3 is 9.47 Å². The second-order valence-corrected chi connectivity index (χ2v) is 9.41. The molecule has 1 N–H and O–H groups in total. The Morgan fingerprint density at radius 3 is 1.62 bits per heavy atom. The van der Waals surface area contributed by atoms with E-state index in [1.807, 2.05) is 91.0 Å². The SMILES string of the molecule is CC(=O)OCC(COCc1ccccc1)NP(=O)(OCc1ccccc1)OCc1ccccc1. The summed E-state index contributed by atoms with van der Waals surface area (Å²) in [5.74, 6) is -0.444. The number of benzene rings is 3. The van der Waals surface area contributed by atoms with Crippen molar-refractivity contribution < 1.29 is 27.9 Å². The lowest BCUT2D eigenvalue weighted by Gasteiger charge is -2.25. The maximum absolute atomic E-state index is 13.7. The van der Waals surface area contributed by atoms with E-state index in [2.05, 4.69) is 5.09 Å². The van der Waals surface area contributed by atoms with Crippen molar-refractivity contribution in [2.24, 2.45) is 0 Å². The fourth-order valence-electron chi connectivity index (χ4n) is 3.04. The Labute approximate surface area is 200 Å². The standard InChI is InChI=1S/C26H30NO6P/c1-22(28)31-21-26(20-30-17-23-11-5-2-6-12-23)27-34(29,32-18-24-13-7-3-8-14-24)33-19-25-15-9-4-10-16-25/h2-16,26H,17-21H2,1H3,(H,27,29). The van der Waals surface area contributed by atoms with E-state index in [1.54, 1.807) is 0 Å². The second kappa shape index (κ2) is 13.8. The molecule has 3 aromatic rings. The lowest BCUT2D eigenvalue weighted by molar-refractivity contribution is -0.142. The average Bonchev–Trinajstić information content (AvgIpc) is 2.87. The zero-order valence-electron chi connectivity index (χ0n) is 19.2. The molecule has 3 aromatic carbocycles. The highest BCUT2D eigenvalue weighted by atomic mass is 31.2. The molecule has 0 aromatic heterocycles. The minimum absolute atomic E-state index is 0.0441. The number of carbonyl (C=O) groups is 1. The molecule has 3 rings (SSSR count). The molecule has 0 saturated heterocycles. The van der Waals surface area contributed by atoms with Gasteiger partial charge in [-0.2, -0.15) is 0 Å². The van der Waals surface area contributed by atoms with Gasteiger partial charge in [0.2, 0.25) is 0 Å².